The lowest BCUT2D eigenvalue weighted by Gasteiger charge is -2.14. The third-order valence-electron chi connectivity index (χ3n) is 10.9. The molecule has 56 heavy (non-hydrogen) atoms. The van der Waals surface area contributed by atoms with Crippen molar-refractivity contribution < 1.29 is 0 Å². The first-order chi connectivity index (χ1) is 27.0. The molecule has 7 aromatic rings. The minimum absolute atomic E-state index is 0.889. The summed E-state index contributed by atoms with van der Waals surface area (Å²) in [6.07, 6.45) is 8.67. The van der Waals surface area contributed by atoms with Crippen LogP contribution in [0.4, 0.5) is 0 Å². The third-order valence-corrected chi connectivity index (χ3v) is 11.9. The molecule has 0 spiro atoms. The van der Waals surface area contributed by atoms with Crippen LogP contribution in [0.1, 0.15) is 56.2 Å². The molecule has 4 aromatic carbocycles. The Morgan fingerprint density at radius 1 is 0.357 bits per heavy atom. The summed E-state index contributed by atoms with van der Waals surface area (Å²) in [6.45, 7) is 13.2. The molecule has 4 nitrogen and oxygen atoms in total. The maximum absolute atomic E-state index is 5.57. The topological polar surface area (TPSA) is 57.4 Å². The Balaban J connectivity index is 1.51. The predicted octanol–water partition coefficient (Wildman–Crippen LogP) is 14.7. The highest BCUT2D eigenvalue weighted by atomic mass is 79.9. The first-order valence-corrected chi connectivity index (χ1v) is 20.5. The highest BCUT2D eigenvalue weighted by Crippen LogP contribution is 2.41. The maximum atomic E-state index is 5.57. The van der Waals surface area contributed by atoms with Crippen LogP contribution in [0.3, 0.4) is 0 Å². The van der Waals surface area contributed by atoms with E-state index in [1.165, 1.54) is 44.5 Å². The fourth-order valence-electron chi connectivity index (χ4n) is 8.72. The summed E-state index contributed by atoms with van der Waals surface area (Å²) in [4.78, 5) is 18.8. The average Bonchev–Trinajstić information content (AvgIpc) is 3.99. The van der Waals surface area contributed by atoms with E-state index in [2.05, 4.69) is 205 Å². The smallest absolute Gasteiger partial charge is 0.0737 e. The average molecular weight is 857 g/mol. The molecule has 2 aliphatic rings. The first kappa shape index (κ1) is 36.1. The van der Waals surface area contributed by atoms with Crippen molar-refractivity contribution in [3.05, 3.63) is 162 Å². The van der Waals surface area contributed by atoms with E-state index in [0.717, 1.165) is 87.2 Å². The zero-order chi connectivity index (χ0) is 38.8. The van der Waals surface area contributed by atoms with Crippen LogP contribution in [-0.2, 0) is 0 Å². The molecule has 8 bridgehead atoms. The number of benzene rings is 4. The van der Waals surface area contributed by atoms with Crippen LogP contribution in [0, 0.1) is 41.5 Å². The van der Waals surface area contributed by atoms with E-state index in [1.807, 2.05) is 0 Å². The summed E-state index contributed by atoms with van der Waals surface area (Å²) in [5.74, 6) is 0. The van der Waals surface area contributed by atoms with Crippen molar-refractivity contribution in [3.8, 4) is 44.5 Å². The van der Waals surface area contributed by atoms with E-state index in [0.29, 0.717) is 0 Å². The van der Waals surface area contributed by atoms with Crippen molar-refractivity contribution in [3.63, 3.8) is 0 Å². The highest BCUT2D eigenvalue weighted by molar-refractivity contribution is 9.10. The van der Waals surface area contributed by atoms with Gasteiger partial charge in [0.05, 0.1) is 22.8 Å². The molecule has 0 fully saturated rings. The van der Waals surface area contributed by atoms with Gasteiger partial charge in [-0.2, -0.15) is 0 Å². The standard InChI is InChI=1S/C50H40Br2N4/c1-27-23-29(3)45(30(4)24-27)49-41-19-17-39(54-41)47(33-7-11-35(51)12-8-33)37-15-16-38(53-37)48(34-9-13-36(52)14-10-34)40-18-20-42(55-40)50(44-22-21-43(49)56-44)46-31(5)25-28(2)26-32(46)6/h7-26,54-55H,1-6H3. The normalized spacial score (nSPS) is 12.1. The van der Waals surface area contributed by atoms with E-state index < -0.39 is 0 Å². The number of hydrogen-bond acceptors (Lipinski definition) is 2. The molecule has 2 aliphatic heterocycles. The molecule has 0 saturated heterocycles. The molecule has 0 amide bonds. The molecule has 0 radical (unpaired) electrons. The van der Waals surface area contributed by atoms with Crippen molar-refractivity contribution in [2.75, 3.05) is 0 Å². The number of aromatic nitrogens is 4. The number of aromatic amines is 2. The lowest BCUT2D eigenvalue weighted by atomic mass is 9.92. The van der Waals surface area contributed by atoms with E-state index in [9.17, 15) is 0 Å². The van der Waals surface area contributed by atoms with E-state index >= 15 is 0 Å². The highest BCUT2D eigenvalue weighted by Gasteiger charge is 2.21. The van der Waals surface area contributed by atoms with Crippen LogP contribution >= 0.6 is 31.9 Å². The molecule has 5 heterocycles. The summed E-state index contributed by atoms with van der Waals surface area (Å²) in [6, 6.07) is 34.8. The van der Waals surface area contributed by atoms with Gasteiger partial charge in [0.25, 0.3) is 0 Å². The molecule has 0 saturated carbocycles. The Labute approximate surface area is 344 Å². The Bertz CT molecular complexity index is 2730. The number of rotatable bonds is 4. The van der Waals surface area contributed by atoms with Gasteiger partial charge in [-0.25, -0.2) is 9.97 Å². The van der Waals surface area contributed by atoms with Crippen molar-refractivity contribution in [1.82, 2.24) is 19.9 Å². The van der Waals surface area contributed by atoms with Crippen molar-refractivity contribution >= 4 is 78.2 Å². The van der Waals surface area contributed by atoms with Gasteiger partial charge in [-0.1, -0.05) is 91.5 Å². The number of aryl methyl sites for hydroxylation is 6. The number of H-pyrrole nitrogens is 2. The maximum Gasteiger partial charge on any atom is 0.0737 e. The van der Waals surface area contributed by atoms with Gasteiger partial charge in [-0.3, -0.25) is 0 Å². The van der Waals surface area contributed by atoms with Crippen LogP contribution in [0.25, 0.3) is 90.9 Å². The van der Waals surface area contributed by atoms with Crippen molar-refractivity contribution in [1.29, 1.82) is 0 Å². The zero-order valence-electron chi connectivity index (χ0n) is 32.2. The largest absolute Gasteiger partial charge is 0.354 e. The lowest BCUT2D eigenvalue weighted by Crippen LogP contribution is -1.95. The van der Waals surface area contributed by atoms with Crippen LogP contribution in [-0.4, -0.2) is 19.9 Å². The van der Waals surface area contributed by atoms with Crippen LogP contribution in [0.5, 0.6) is 0 Å². The van der Waals surface area contributed by atoms with Gasteiger partial charge in [0.1, 0.15) is 0 Å². The zero-order valence-corrected chi connectivity index (χ0v) is 35.4. The fraction of sp³-hybridized carbons (Fsp3) is 0.120. The summed E-state index contributed by atoms with van der Waals surface area (Å²) in [5, 5.41) is 0. The molecule has 2 N–H and O–H groups in total. The van der Waals surface area contributed by atoms with Crippen LogP contribution in [0.2, 0.25) is 0 Å². The summed E-state index contributed by atoms with van der Waals surface area (Å²) >= 11 is 7.32. The van der Waals surface area contributed by atoms with E-state index in [-0.39, 0.29) is 0 Å². The fourth-order valence-corrected chi connectivity index (χ4v) is 9.25. The summed E-state index contributed by atoms with van der Waals surface area (Å²) in [5.41, 5.74) is 23.6. The second kappa shape index (κ2) is 14.2. The molecule has 274 valence electrons. The number of nitrogens with zero attached hydrogens (tertiary/aromatic N) is 2. The van der Waals surface area contributed by atoms with Crippen molar-refractivity contribution in [2.24, 2.45) is 0 Å². The SMILES string of the molecule is Cc1cc(C)c(-c2c3nc(c(-c4c(C)cc(C)cc4C)c4ccc([nH]4)c(-c4ccc(Br)cc4)c4nc(c(-c5ccc(Br)cc5)c5ccc2[nH]5)C=C4)C=C3)c(C)c1. The molecule has 0 unspecified atom stereocenters. The van der Waals surface area contributed by atoms with Gasteiger partial charge in [0.2, 0.25) is 0 Å². The molecule has 0 aliphatic carbocycles. The van der Waals surface area contributed by atoms with E-state index in [4.69, 9.17) is 9.97 Å². The van der Waals surface area contributed by atoms with Crippen molar-refractivity contribution in [2.45, 2.75) is 41.5 Å². The molecule has 9 rings (SSSR count). The Morgan fingerprint density at radius 3 is 0.964 bits per heavy atom. The quantitative estimate of drug-likeness (QED) is 0.185. The van der Waals surface area contributed by atoms with Gasteiger partial charge >= 0.3 is 0 Å². The summed E-state index contributed by atoms with van der Waals surface area (Å²) in [7, 11) is 0. The number of nitrogens with one attached hydrogen (secondary N) is 2. The number of fused-ring (bicyclic) bond motifs is 8. The number of halogens is 2. The number of hydrogen-bond donors (Lipinski definition) is 2. The first-order valence-electron chi connectivity index (χ1n) is 18.9. The minimum atomic E-state index is 0.889. The summed E-state index contributed by atoms with van der Waals surface area (Å²) < 4.78 is 2.05. The second-order valence-electron chi connectivity index (χ2n) is 15.1. The van der Waals surface area contributed by atoms with Gasteiger partial charge in [0, 0.05) is 53.3 Å². The monoisotopic (exact) mass is 854 g/mol. The molecular formula is C50H40Br2N4. The molecular weight excluding hydrogens is 816 g/mol. The minimum Gasteiger partial charge on any atom is -0.354 e. The van der Waals surface area contributed by atoms with E-state index in [1.54, 1.807) is 0 Å². The molecule has 0 atom stereocenters. The second-order valence-corrected chi connectivity index (χ2v) is 16.9. The van der Waals surface area contributed by atoms with Gasteiger partial charge in [0.15, 0.2) is 0 Å². The van der Waals surface area contributed by atoms with Crippen LogP contribution < -0.4 is 0 Å². The molecule has 6 heteroatoms. The lowest BCUT2D eigenvalue weighted by molar-refractivity contribution is 1.27. The predicted molar refractivity (Wildman–Crippen MR) is 244 cm³/mol. The Kier molecular flexibility index (Phi) is 9.14. The third kappa shape index (κ3) is 6.41. The van der Waals surface area contributed by atoms with Gasteiger partial charge in [-0.15, -0.1) is 0 Å². The van der Waals surface area contributed by atoms with Gasteiger partial charge < -0.3 is 9.97 Å². The van der Waals surface area contributed by atoms with Crippen LogP contribution in [0.15, 0.2) is 106 Å². The molecule has 3 aromatic heterocycles. The Morgan fingerprint density at radius 2 is 0.643 bits per heavy atom. The Hall–Kier alpha value is -5.56. The van der Waals surface area contributed by atoms with Gasteiger partial charge in [-0.05, 0) is 159 Å².